The molecule has 1 aliphatic heterocycles. The van der Waals surface area contributed by atoms with Crippen molar-refractivity contribution in [2.75, 3.05) is 39.4 Å². The van der Waals surface area contributed by atoms with Gasteiger partial charge in [0.15, 0.2) is 0 Å². The summed E-state index contributed by atoms with van der Waals surface area (Å²) in [6.07, 6.45) is 3.05. The van der Waals surface area contributed by atoms with Gasteiger partial charge in [0.2, 0.25) is 5.91 Å². The molecule has 5 nitrogen and oxygen atoms in total. The summed E-state index contributed by atoms with van der Waals surface area (Å²) < 4.78 is 5.50. The molecule has 1 saturated heterocycles. The molecule has 1 aromatic rings. The second-order valence-corrected chi connectivity index (χ2v) is 4.56. The van der Waals surface area contributed by atoms with Gasteiger partial charge in [-0.15, -0.1) is 0 Å². The third-order valence-corrected chi connectivity index (χ3v) is 3.16. The molecule has 0 radical (unpaired) electrons. The average Bonchev–Trinajstić information content (AvgIpc) is 2.49. The van der Waals surface area contributed by atoms with Crippen LogP contribution in [0.1, 0.15) is 12.1 Å². The van der Waals surface area contributed by atoms with E-state index in [1.807, 2.05) is 23.1 Å². The van der Waals surface area contributed by atoms with Crippen molar-refractivity contribution in [1.29, 1.82) is 0 Å². The van der Waals surface area contributed by atoms with Crippen LogP contribution >= 0.6 is 0 Å². The Labute approximate surface area is 114 Å². The first-order chi connectivity index (χ1) is 9.36. The molecular formula is C14H21N3O2. The zero-order chi connectivity index (χ0) is 13.3. The fourth-order valence-electron chi connectivity index (χ4n) is 2.06. The molecule has 0 aliphatic carbocycles. The van der Waals surface area contributed by atoms with Gasteiger partial charge in [-0.1, -0.05) is 6.07 Å². The Hall–Kier alpha value is -1.46. The lowest BCUT2D eigenvalue weighted by molar-refractivity contribution is -0.132. The Kier molecular flexibility index (Phi) is 5.78. The predicted molar refractivity (Wildman–Crippen MR) is 72.8 cm³/mol. The molecule has 19 heavy (non-hydrogen) atoms. The number of rotatable bonds is 6. The smallest absolute Gasteiger partial charge is 0.224 e. The number of hydrogen-bond donors (Lipinski definition) is 1. The number of piperazine rings is 1. The number of aromatic nitrogens is 1. The highest BCUT2D eigenvalue weighted by Crippen LogP contribution is 1.99. The maximum atomic E-state index is 11.8. The lowest BCUT2D eigenvalue weighted by atomic mass is 10.3. The Morgan fingerprint density at radius 1 is 1.32 bits per heavy atom. The van der Waals surface area contributed by atoms with Crippen molar-refractivity contribution in [3.8, 4) is 0 Å². The lowest BCUT2D eigenvalue weighted by Crippen LogP contribution is -2.46. The van der Waals surface area contributed by atoms with E-state index in [-0.39, 0.29) is 5.91 Å². The molecule has 0 spiro atoms. The van der Waals surface area contributed by atoms with E-state index in [1.54, 1.807) is 6.20 Å². The summed E-state index contributed by atoms with van der Waals surface area (Å²) in [7, 11) is 0. The van der Waals surface area contributed by atoms with E-state index < -0.39 is 0 Å². The van der Waals surface area contributed by atoms with E-state index in [0.29, 0.717) is 19.6 Å². The second-order valence-electron chi connectivity index (χ2n) is 4.56. The molecule has 2 heterocycles. The van der Waals surface area contributed by atoms with Crippen LogP contribution in [0.15, 0.2) is 24.4 Å². The van der Waals surface area contributed by atoms with Crippen molar-refractivity contribution in [1.82, 2.24) is 15.2 Å². The summed E-state index contributed by atoms with van der Waals surface area (Å²) in [6, 6.07) is 5.85. The minimum absolute atomic E-state index is 0.194. The minimum Gasteiger partial charge on any atom is -0.381 e. The molecule has 0 bridgehead atoms. The van der Waals surface area contributed by atoms with E-state index >= 15 is 0 Å². The van der Waals surface area contributed by atoms with E-state index in [1.165, 1.54) is 0 Å². The number of amides is 1. The van der Waals surface area contributed by atoms with Crippen molar-refractivity contribution < 1.29 is 9.53 Å². The van der Waals surface area contributed by atoms with Gasteiger partial charge in [0.1, 0.15) is 0 Å². The SMILES string of the molecule is O=C(CCOCCc1ccccn1)N1CCNCC1. The van der Waals surface area contributed by atoms with Gasteiger partial charge in [-0.2, -0.15) is 0 Å². The van der Waals surface area contributed by atoms with Crippen molar-refractivity contribution >= 4 is 5.91 Å². The van der Waals surface area contributed by atoms with Gasteiger partial charge in [-0.25, -0.2) is 0 Å². The molecule has 1 fully saturated rings. The van der Waals surface area contributed by atoms with Crippen LogP contribution in [0.5, 0.6) is 0 Å². The van der Waals surface area contributed by atoms with Gasteiger partial charge in [0.25, 0.3) is 0 Å². The van der Waals surface area contributed by atoms with Crippen LogP contribution in [0.25, 0.3) is 0 Å². The van der Waals surface area contributed by atoms with E-state index in [9.17, 15) is 4.79 Å². The summed E-state index contributed by atoms with van der Waals surface area (Å²) >= 11 is 0. The number of carbonyl (C=O) groups is 1. The highest BCUT2D eigenvalue weighted by Gasteiger charge is 2.15. The molecule has 0 saturated carbocycles. The van der Waals surface area contributed by atoms with Gasteiger partial charge in [-0.3, -0.25) is 9.78 Å². The fourth-order valence-corrected chi connectivity index (χ4v) is 2.06. The van der Waals surface area contributed by atoms with Crippen molar-refractivity contribution in [2.24, 2.45) is 0 Å². The number of carbonyl (C=O) groups excluding carboxylic acids is 1. The van der Waals surface area contributed by atoms with E-state index in [4.69, 9.17) is 4.74 Å². The maximum Gasteiger partial charge on any atom is 0.224 e. The summed E-state index contributed by atoms with van der Waals surface area (Å²) in [5.74, 6) is 0.194. The first-order valence-electron chi connectivity index (χ1n) is 6.82. The van der Waals surface area contributed by atoms with Crippen LogP contribution in [0.3, 0.4) is 0 Å². The molecule has 0 aromatic carbocycles. The Bertz CT molecular complexity index is 378. The van der Waals surface area contributed by atoms with Gasteiger partial charge in [0.05, 0.1) is 19.6 Å². The van der Waals surface area contributed by atoms with Crippen LogP contribution < -0.4 is 5.32 Å². The molecule has 2 rings (SSSR count). The van der Waals surface area contributed by atoms with Gasteiger partial charge in [0, 0.05) is 44.5 Å². The Morgan fingerprint density at radius 2 is 2.16 bits per heavy atom. The van der Waals surface area contributed by atoms with Crippen molar-refractivity contribution in [2.45, 2.75) is 12.8 Å². The summed E-state index contributed by atoms with van der Waals surface area (Å²) in [5.41, 5.74) is 1.02. The largest absolute Gasteiger partial charge is 0.381 e. The molecule has 104 valence electrons. The monoisotopic (exact) mass is 263 g/mol. The third kappa shape index (κ3) is 4.96. The molecule has 0 unspecified atom stereocenters. The minimum atomic E-state index is 0.194. The van der Waals surface area contributed by atoms with Crippen LogP contribution in [-0.2, 0) is 16.0 Å². The summed E-state index contributed by atoms with van der Waals surface area (Å²) in [5, 5.41) is 3.23. The number of pyridine rings is 1. The zero-order valence-corrected chi connectivity index (χ0v) is 11.2. The summed E-state index contributed by atoms with van der Waals surface area (Å²) in [6.45, 7) is 4.53. The molecular weight excluding hydrogens is 242 g/mol. The van der Waals surface area contributed by atoms with Crippen LogP contribution in [0.4, 0.5) is 0 Å². The fraction of sp³-hybridized carbons (Fsp3) is 0.571. The molecule has 5 heteroatoms. The van der Waals surface area contributed by atoms with Crippen LogP contribution in [0.2, 0.25) is 0 Å². The van der Waals surface area contributed by atoms with Gasteiger partial charge < -0.3 is 15.0 Å². The van der Waals surface area contributed by atoms with Gasteiger partial charge in [-0.05, 0) is 12.1 Å². The number of nitrogens with one attached hydrogen (secondary N) is 1. The molecule has 0 atom stereocenters. The Morgan fingerprint density at radius 3 is 2.89 bits per heavy atom. The summed E-state index contributed by atoms with van der Waals surface area (Å²) in [4.78, 5) is 18.0. The normalized spacial score (nSPS) is 15.5. The highest BCUT2D eigenvalue weighted by atomic mass is 16.5. The second kappa shape index (κ2) is 7.86. The number of hydrogen-bond acceptors (Lipinski definition) is 4. The van der Waals surface area contributed by atoms with E-state index in [0.717, 1.165) is 38.3 Å². The highest BCUT2D eigenvalue weighted by molar-refractivity contribution is 5.76. The standard InChI is InChI=1S/C14H21N3O2/c18-14(17-9-7-15-8-10-17)5-12-19-11-4-13-3-1-2-6-16-13/h1-3,6,15H,4-5,7-12H2. The predicted octanol–water partition coefficient (Wildman–Crippen LogP) is 0.463. The molecule has 1 aromatic heterocycles. The topological polar surface area (TPSA) is 54.5 Å². The number of ether oxygens (including phenoxy) is 1. The van der Waals surface area contributed by atoms with Crippen molar-refractivity contribution in [3.63, 3.8) is 0 Å². The number of nitrogens with zero attached hydrogens (tertiary/aromatic N) is 2. The quantitative estimate of drug-likeness (QED) is 0.758. The van der Waals surface area contributed by atoms with Crippen molar-refractivity contribution in [3.05, 3.63) is 30.1 Å². The van der Waals surface area contributed by atoms with Crippen LogP contribution in [0, 0.1) is 0 Å². The average molecular weight is 263 g/mol. The van der Waals surface area contributed by atoms with E-state index in [2.05, 4.69) is 10.3 Å². The molecule has 1 amide bonds. The zero-order valence-electron chi connectivity index (χ0n) is 11.2. The lowest BCUT2D eigenvalue weighted by Gasteiger charge is -2.27. The Balaban J connectivity index is 1.55. The maximum absolute atomic E-state index is 11.8. The van der Waals surface area contributed by atoms with Gasteiger partial charge >= 0.3 is 0 Å². The van der Waals surface area contributed by atoms with Crippen LogP contribution in [-0.4, -0.2) is 55.2 Å². The molecule has 1 N–H and O–H groups in total. The first kappa shape index (κ1) is 14.0. The first-order valence-corrected chi connectivity index (χ1v) is 6.82. The molecule has 1 aliphatic rings. The third-order valence-electron chi connectivity index (χ3n) is 3.16.